The Morgan fingerprint density at radius 3 is 2.74 bits per heavy atom. The average molecular weight is 262 g/mol. The number of hydrogen-bond donors (Lipinski definition) is 1. The maximum Gasteiger partial charge on any atom is 0.394 e. The van der Waals surface area contributed by atoms with Gasteiger partial charge in [0.25, 0.3) is 0 Å². The number of carbonyl (C=O) groups is 3. The summed E-state index contributed by atoms with van der Waals surface area (Å²) in [6.45, 7) is 0.205. The molecule has 100 valence electrons. The van der Waals surface area contributed by atoms with Gasteiger partial charge in [-0.25, -0.2) is 4.79 Å². The third-order valence-corrected chi connectivity index (χ3v) is 3.17. The van der Waals surface area contributed by atoms with Crippen molar-refractivity contribution in [3.8, 4) is 0 Å². The van der Waals surface area contributed by atoms with Gasteiger partial charge in [0.15, 0.2) is 0 Å². The van der Waals surface area contributed by atoms with Crippen molar-refractivity contribution in [1.82, 2.24) is 4.90 Å². The van der Waals surface area contributed by atoms with Crippen molar-refractivity contribution in [2.45, 2.75) is 13.0 Å². The molecule has 2 amide bonds. The highest BCUT2D eigenvalue weighted by Gasteiger charge is 2.24. The Morgan fingerprint density at radius 2 is 2.11 bits per heavy atom. The molecule has 0 spiro atoms. The number of carboxylic acid groups (broad SMARTS) is 1. The number of fused-ring (bicyclic) bond motifs is 1. The number of hydrogen-bond acceptors (Lipinski definition) is 3. The van der Waals surface area contributed by atoms with Crippen LogP contribution in [-0.2, 0) is 27.3 Å². The first-order chi connectivity index (χ1) is 8.90. The van der Waals surface area contributed by atoms with Gasteiger partial charge in [0, 0.05) is 26.3 Å². The lowest BCUT2D eigenvalue weighted by Crippen LogP contribution is -2.32. The molecule has 0 aliphatic carbocycles. The van der Waals surface area contributed by atoms with Gasteiger partial charge in [-0.3, -0.25) is 9.59 Å². The number of likely N-dealkylation sites (N-methyl/N-ethyl adjacent to an activating group) is 2. The summed E-state index contributed by atoms with van der Waals surface area (Å²) in [5.74, 6) is -2.39. The van der Waals surface area contributed by atoms with Crippen LogP contribution in [0.3, 0.4) is 0 Å². The summed E-state index contributed by atoms with van der Waals surface area (Å²) in [7, 11) is 3.15. The van der Waals surface area contributed by atoms with Gasteiger partial charge in [0.05, 0.1) is 6.42 Å². The highest BCUT2D eigenvalue weighted by molar-refractivity contribution is 6.31. The Kier molecular flexibility index (Phi) is 3.25. The molecule has 1 aliphatic heterocycles. The van der Waals surface area contributed by atoms with Crippen LogP contribution in [0.1, 0.15) is 11.1 Å². The molecule has 0 radical (unpaired) electrons. The Labute approximate surface area is 110 Å². The van der Waals surface area contributed by atoms with Gasteiger partial charge in [-0.1, -0.05) is 12.1 Å². The molecule has 0 saturated carbocycles. The topological polar surface area (TPSA) is 77.9 Å². The second kappa shape index (κ2) is 4.72. The summed E-state index contributed by atoms with van der Waals surface area (Å²) in [6.07, 6.45) is 0.344. The molecule has 0 bridgehead atoms. The van der Waals surface area contributed by atoms with Crippen molar-refractivity contribution in [1.29, 1.82) is 0 Å². The smallest absolute Gasteiger partial charge is 0.394 e. The zero-order chi connectivity index (χ0) is 14.2. The zero-order valence-electron chi connectivity index (χ0n) is 10.7. The lowest BCUT2D eigenvalue weighted by Gasteiger charge is -2.16. The lowest BCUT2D eigenvalue weighted by atomic mass is 10.1. The van der Waals surface area contributed by atoms with Gasteiger partial charge in [0.2, 0.25) is 5.91 Å². The summed E-state index contributed by atoms with van der Waals surface area (Å²) in [5.41, 5.74) is 2.57. The predicted molar refractivity (Wildman–Crippen MR) is 67.7 cm³/mol. The Balaban J connectivity index is 2.16. The van der Waals surface area contributed by atoms with Crippen LogP contribution < -0.4 is 4.90 Å². The standard InChI is InChI=1S/C13H14N2O4/c1-14(12(17)13(18)19)7-8-3-4-10-9(5-8)6-11(16)15(10)2/h3-5H,6-7H2,1-2H3,(H,18,19). The van der Waals surface area contributed by atoms with E-state index in [1.54, 1.807) is 18.0 Å². The molecule has 0 unspecified atom stereocenters. The van der Waals surface area contributed by atoms with Crippen molar-refractivity contribution in [2.24, 2.45) is 0 Å². The lowest BCUT2D eigenvalue weighted by molar-refractivity contribution is -0.155. The number of benzene rings is 1. The van der Waals surface area contributed by atoms with Gasteiger partial charge < -0.3 is 14.9 Å². The molecular formula is C13H14N2O4. The SMILES string of the molecule is CN(Cc1ccc2c(c1)CC(=O)N2C)C(=O)C(=O)O. The summed E-state index contributed by atoms with van der Waals surface area (Å²) in [5, 5.41) is 8.61. The van der Waals surface area contributed by atoms with Crippen LogP contribution in [0.15, 0.2) is 18.2 Å². The number of carboxylic acids is 1. The minimum absolute atomic E-state index is 0.0297. The third kappa shape index (κ3) is 2.42. The fraction of sp³-hybridized carbons (Fsp3) is 0.308. The maximum absolute atomic E-state index is 11.5. The number of aliphatic carboxylic acids is 1. The van der Waals surface area contributed by atoms with Crippen molar-refractivity contribution >= 4 is 23.5 Å². The minimum Gasteiger partial charge on any atom is -0.474 e. The number of anilines is 1. The molecule has 6 heteroatoms. The fourth-order valence-electron chi connectivity index (χ4n) is 2.13. The van der Waals surface area contributed by atoms with Crippen LogP contribution in [0.2, 0.25) is 0 Å². The molecule has 1 N–H and O–H groups in total. The van der Waals surface area contributed by atoms with Gasteiger partial charge >= 0.3 is 11.9 Å². The fourth-order valence-corrected chi connectivity index (χ4v) is 2.13. The molecule has 0 saturated heterocycles. The molecule has 1 aromatic rings. The van der Waals surface area contributed by atoms with Crippen molar-refractivity contribution in [3.05, 3.63) is 29.3 Å². The van der Waals surface area contributed by atoms with Gasteiger partial charge in [-0.15, -0.1) is 0 Å². The highest BCUT2D eigenvalue weighted by atomic mass is 16.4. The number of rotatable bonds is 2. The normalized spacial score (nSPS) is 13.4. The summed E-state index contributed by atoms with van der Waals surface area (Å²) < 4.78 is 0. The highest BCUT2D eigenvalue weighted by Crippen LogP contribution is 2.28. The second-order valence-corrected chi connectivity index (χ2v) is 4.56. The van der Waals surface area contributed by atoms with Crippen LogP contribution in [0.25, 0.3) is 0 Å². The molecule has 1 aromatic carbocycles. The van der Waals surface area contributed by atoms with E-state index in [2.05, 4.69) is 0 Å². The summed E-state index contributed by atoms with van der Waals surface area (Å²) in [4.78, 5) is 36.1. The van der Waals surface area contributed by atoms with Crippen molar-refractivity contribution in [3.63, 3.8) is 0 Å². The largest absolute Gasteiger partial charge is 0.474 e. The molecular weight excluding hydrogens is 248 g/mol. The Morgan fingerprint density at radius 1 is 1.42 bits per heavy atom. The monoisotopic (exact) mass is 262 g/mol. The first-order valence-corrected chi connectivity index (χ1v) is 5.77. The van der Waals surface area contributed by atoms with Crippen LogP contribution >= 0.6 is 0 Å². The van der Waals surface area contributed by atoms with E-state index < -0.39 is 11.9 Å². The van der Waals surface area contributed by atoms with Gasteiger partial charge in [-0.2, -0.15) is 0 Å². The zero-order valence-corrected chi connectivity index (χ0v) is 10.7. The first kappa shape index (κ1) is 13.1. The van der Waals surface area contributed by atoms with Crippen LogP contribution in [0.5, 0.6) is 0 Å². The number of carbonyl (C=O) groups excluding carboxylic acids is 2. The maximum atomic E-state index is 11.5. The summed E-state index contributed by atoms with van der Waals surface area (Å²) >= 11 is 0. The molecule has 1 aliphatic rings. The van der Waals surface area contributed by atoms with E-state index in [4.69, 9.17) is 5.11 Å². The van der Waals surface area contributed by atoms with E-state index in [0.717, 1.165) is 21.7 Å². The van der Waals surface area contributed by atoms with Crippen LogP contribution in [0.4, 0.5) is 5.69 Å². The van der Waals surface area contributed by atoms with E-state index in [0.29, 0.717) is 6.42 Å². The van der Waals surface area contributed by atoms with Crippen molar-refractivity contribution in [2.75, 3.05) is 19.0 Å². The van der Waals surface area contributed by atoms with E-state index >= 15 is 0 Å². The van der Waals surface area contributed by atoms with Crippen LogP contribution in [0, 0.1) is 0 Å². The minimum atomic E-state index is -1.47. The molecule has 1 heterocycles. The molecule has 6 nitrogen and oxygen atoms in total. The quantitative estimate of drug-likeness (QED) is 0.775. The molecule has 2 rings (SSSR count). The van der Waals surface area contributed by atoms with E-state index in [-0.39, 0.29) is 12.5 Å². The first-order valence-electron chi connectivity index (χ1n) is 5.77. The van der Waals surface area contributed by atoms with E-state index in [1.165, 1.54) is 7.05 Å². The van der Waals surface area contributed by atoms with Crippen molar-refractivity contribution < 1.29 is 19.5 Å². The third-order valence-electron chi connectivity index (χ3n) is 3.17. The van der Waals surface area contributed by atoms with Gasteiger partial charge in [-0.05, 0) is 17.2 Å². The average Bonchev–Trinajstić information content (AvgIpc) is 2.63. The van der Waals surface area contributed by atoms with Crippen LogP contribution in [-0.4, -0.2) is 41.9 Å². The second-order valence-electron chi connectivity index (χ2n) is 4.56. The molecule has 19 heavy (non-hydrogen) atoms. The Bertz CT molecular complexity index is 568. The molecule has 0 atom stereocenters. The Hall–Kier alpha value is -2.37. The van der Waals surface area contributed by atoms with E-state index in [1.807, 2.05) is 12.1 Å². The molecule has 0 aromatic heterocycles. The van der Waals surface area contributed by atoms with E-state index in [9.17, 15) is 14.4 Å². The summed E-state index contributed by atoms with van der Waals surface area (Å²) in [6, 6.07) is 5.44. The predicted octanol–water partition coefficient (Wildman–Crippen LogP) is 0.249. The van der Waals surface area contributed by atoms with Gasteiger partial charge in [0.1, 0.15) is 0 Å². The number of nitrogens with zero attached hydrogens (tertiary/aromatic N) is 2. The number of amides is 2. The molecule has 0 fully saturated rings.